The smallest absolute Gasteiger partial charge is 0.301 e. The number of nitrogens with zero attached hydrogens (tertiary/aromatic N) is 4. The number of furan rings is 1. The molecule has 0 aliphatic heterocycles. The number of amides is 1. The molecule has 0 atom stereocenters. The Labute approximate surface area is 167 Å². The molecule has 0 aliphatic carbocycles. The standard InChI is InChI=1S/C19H14F3N5O3/c1-19(21,22)14-7-6-13(30-14)9-27-24-8-15(26-27)25-18(28)16-17(29-10-23-16)11-2-4-12(20)5-3-11/h2-8,10H,9H2,1H3,(H,25,26,28). The number of rotatable bonds is 6. The van der Waals surface area contributed by atoms with Crippen LogP contribution in [0.25, 0.3) is 11.3 Å². The number of halogens is 3. The average Bonchev–Trinajstić information content (AvgIpc) is 3.43. The molecule has 0 saturated carbocycles. The lowest BCUT2D eigenvalue weighted by atomic mass is 10.1. The minimum Gasteiger partial charge on any atom is -0.458 e. The molecule has 1 amide bonds. The molecule has 8 nitrogen and oxygen atoms in total. The molecule has 4 aromatic rings. The van der Waals surface area contributed by atoms with E-state index >= 15 is 0 Å². The van der Waals surface area contributed by atoms with E-state index in [1.807, 2.05) is 0 Å². The molecule has 0 fully saturated rings. The lowest BCUT2D eigenvalue weighted by molar-refractivity contribution is -0.00641. The van der Waals surface area contributed by atoms with Crippen LogP contribution in [0.4, 0.5) is 19.0 Å². The van der Waals surface area contributed by atoms with E-state index in [2.05, 4.69) is 20.5 Å². The van der Waals surface area contributed by atoms with Crippen LogP contribution in [-0.2, 0) is 12.5 Å². The molecule has 3 heterocycles. The molecule has 0 bridgehead atoms. The molecule has 0 aliphatic rings. The van der Waals surface area contributed by atoms with Gasteiger partial charge in [0.05, 0.1) is 6.20 Å². The number of aromatic nitrogens is 4. The molecule has 11 heteroatoms. The zero-order valence-electron chi connectivity index (χ0n) is 15.5. The van der Waals surface area contributed by atoms with Gasteiger partial charge in [-0.15, -0.1) is 5.10 Å². The van der Waals surface area contributed by atoms with Crippen molar-refractivity contribution >= 4 is 11.7 Å². The van der Waals surface area contributed by atoms with Gasteiger partial charge in [0.1, 0.15) is 18.1 Å². The number of carbonyl (C=O) groups excluding carboxylic acids is 1. The predicted octanol–water partition coefficient (Wildman–Crippen LogP) is 4.08. The van der Waals surface area contributed by atoms with Crippen molar-refractivity contribution in [2.24, 2.45) is 0 Å². The molecule has 0 radical (unpaired) electrons. The predicted molar refractivity (Wildman–Crippen MR) is 97.3 cm³/mol. The molecule has 0 spiro atoms. The number of alkyl halides is 2. The fraction of sp³-hybridized carbons (Fsp3) is 0.158. The highest BCUT2D eigenvalue weighted by atomic mass is 19.3. The summed E-state index contributed by atoms with van der Waals surface area (Å²) in [4.78, 5) is 17.6. The van der Waals surface area contributed by atoms with Crippen molar-refractivity contribution in [3.05, 3.63) is 72.0 Å². The summed E-state index contributed by atoms with van der Waals surface area (Å²) in [6.07, 6.45) is 2.39. The van der Waals surface area contributed by atoms with E-state index in [0.29, 0.717) is 5.56 Å². The first-order valence-electron chi connectivity index (χ1n) is 8.67. The van der Waals surface area contributed by atoms with E-state index in [-0.39, 0.29) is 29.6 Å². The number of nitrogens with one attached hydrogen (secondary N) is 1. The van der Waals surface area contributed by atoms with Gasteiger partial charge in [-0.05, 0) is 36.4 Å². The van der Waals surface area contributed by atoms with E-state index in [1.54, 1.807) is 0 Å². The molecule has 154 valence electrons. The minimum atomic E-state index is -3.09. The van der Waals surface area contributed by atoms with E-state index in [4.69, 9.17) is 8.83 Å². The monoisotopic (exact) mass is 417 g/mol. The Bertz CT molecular complexity index is 1170. The van der Waals surface area contributed by atoms with Crippen LogP contribution < -0.4 is 5.32 Å². The van der Waals surface area contributed by atoms with Crippen molar-refractivity contribution in [1.29, 1.82) is 0 Å². The molecule has 4 rings (SSSR count). The summed E-state index contributed by atoms with van der Waals surface area (Å²) in [5.41, 5.74) is 0.459. The number of hydrogen-bond acceptors (Lipinski definition) is 6. The van der Waals surface area contributed by atoms with E-state index < -0.39 is 23.4 Å². The van der Waals surface area contributed by atoms with Crippen LogP contribution in [0.1, 0.15) is 28.9 Å². The Morgan fingerprint density at radius 1 is 1.20 bits per heavy atom. The van der Waals surface area contributed by atoms with Gasteiger partial charge in [0.15, 0.2) is 29.4 Å². The maximum absolute atomic E-state index is 13.3. The Morgan fingerprint density at radius 3 is 2.67 bits per heavy atom. The van der Waals surface area contributed by atoms with E-state index in [9.17, 15) is 18.0 Å². The summed E-state index contributed by atoms with van der Waals surface area (Å²) >= 11 is 0. The summed E-state index contributed by atoms with van der Waals surface area (Å²) < 4.78 is 50.0. The van der Waals surface area contributed by atoms with E-state index in [1.165, 1.54) is 47.4 Å². The lowest BCUT2D eigenvalue weighted by Gasteiger charge is -2.05. The minimum absolute atomic E-state index is 0.00323. The van der Waals surface area contributed by atoms with Crippen molar-refractivity contribution in [2.45, 2.75) is 19.4 Å². The lowest BCUT2D eigenvalue weighted by Crippen LogP contribution is -2.14. The molecule has 30 heavy (non-hydrogen) atoms. The van der Waals surface area contributed by atoms with Crippen molar-refractivity contribution < 1.29 is 26.8 Å². The van der Waals surface area contributed by atoms with Gasteiger partial charge in [0, 0.05) is 12.5 Å². The van der Waals surface area contributed by atoms with E-state index in [0.717, 1.165) is 13.3 Å². The summed E-state index contributed by atoms with van der Waals surface area (Å²) in [6, 6.07) is 7.97. The van der Waals surface area contributed by atoms with Crippen LogP contribution in [0.3, 0.4) is 0 Å². The average molecular weight is 417 g/mol. The van der Waals surface area contributed by atoms with Crippen LogP contribution in [-0.4, -0.2) is 25.9 Å². The van der Waals surface area contributed by atoms with Crippen molar-refractivity contribution in [2.75, 3.05) is 5.32 Å². The third kappa shape index (κ3) is 4.09. The van der Waals surface area contributed by atoms with Crippen molar-refractivity contribution in [1.82, 2.24) is 20.0 Å². The van der Waals surface area contributed by atoms with Crippen LogP contribution in [0, 0.1) is 5.82 Å². The van der Waals surface area contributed by atoms with Crippen molar-refractivity contribution in [3.8, 4) is 11.3 Å². The van der Waals surface area contributed by atoms with Gasteiger partial charge in [0.25, 0.3) is 5.91 Å². The zero-order chi connectivity index (χ0) is 21.3. The van der Waals surface area contributed by atoms with Crippen LogP contribution in [0.2, 0.25) is 0 Å². The largest absolute Gasteiger partial charge is 0.458 e. The SMILES string of the molecule is CC(F)(F)c1ccc(Cn2ncc(NC(=O)c3ncoc3-c3ccc(F)cc3)n2)o1. The maximum Gasteiger partial charge on any atom is 0.301 e. The molecule has 1 N–H and O–H groups in total. The number of hydrogen-bond donors (Lipinski definition) is 1. The highest BCUT2D eigenvalue weighted by Crippen LogP contribution is 2.28. The molecule has 3 aromatic heterocycles. The highest BCUT2D eigenvalue weighted by Gasteiger charge is 2.28. The molecular formula is C19H14F3N5O3. The zero-order valence-corrected chi connectivity index (χ0v) is 15.5. The summed E-state index contributed by atoms with van der Waals surface area (Å²) in [5.74, 6) is -4.07. The first kappa shape index (κ1) is 19.4. The van der Waals surface area contributed by atoms with Crippen LogP contribution in [0.5, 0.6) is 0 Å². The number of benzene rings is 1. The number of carbonyl (C=O) groups is 1. The molecule has 1 aromatic carbocycles. The first-order valence-corrected chi connectivity index (χ1v) is 8.67. The summed E-state index contributed by atoms with van der Waals surface area (Å²) in [7, 11) is 0. The Balaban J connectivity index is 1.46. The Kier molecular flexibility index (Phi) is 4.86. The molecule has 0 unspecified atom stereocenters. The first-order chi connectivity index (χ1) is 14.3. The third-order valence-corrected chi connectivity index (χ3v) is 4.06. The van der Waals surface area contributed by atoms with Gasteiger partial charge in [-0.1, -0.05) is 0 Å². The topological polar surface area (TPSA) is 99.0 Å². The van der Waals surface area contributed by atoms with Gasteiger partial charge in [-0.2, -0.15) is 18.7 Å². The molecule has 0 saturated heterocycles. The maximum atomic E-state index is 13.3. The number of anilines is 1. The number of oxazole rings is 1. The van der Waals surface area contributed by atoms with Gasteiger partial charge < -0.3 is 14.2 Å². The fourth-order valence-corrected chi connectivity index (χ4v) is 2.66. The third-order valence-electron chi connectivity index (χ3n) is 4.06. The Morgan fingerprint density at radius 2 is 1.97 bits per heavy atom. The summed E-state index contributed by atoms with van der Waals surface area (Å²) in [5, 5.41) is 10.5. The van der Waals surface area contributed by atoms with Gasteiger partial charge >= 0.3 is 5.92 Å². The second-order valence-electron chi connectivity index (χ2n) is 6.41. The fourth-order valence-electron chi connectivity index (χ4n) is 2.66. The second-order valence-corrected chi connectivity index (χ2v) is 6.41. The van der Waals surface area contributed by atoms with Crippen molar-refractivity contribution in [3.63, 3.8) is 0 Å². The normalized spacial score (nSPS) is 11.6. The van der Waals surface area contributed by atoms with Crippen LogP contribution >= 0.6 is 0 Å². The quantitative estimate of drug-likeness (QED) is 0.508. The Hall–Kier alpha value is -3.89. The second kappa shape index (κ2) is 7.50. The highest BCUT2D eigenvalue weighted by molar-refractivity contribution is 6.05. The molecular weight excluding hydrogens is 403 g/mol. The van der Waals surface area contributed by atoms with Gasteiger partial charge in [0.2, 0.25) is 0 Å². The van der Waals surface area contributed by atoms with Gasteiger partial charge in [-0.3, -0.25) is 4.79 Å². The van der Waals surface area contributed by atoms with Crippen LogP contribution in [0.15, 0.2) is 57.8 Å². The van der Waals surface area contributed by atoms with Gasteiger partial charge in [-0.25, -0.2) is 9.37 Å². The summed E-state index contributed by atoms with van der Waals surface area (Å²) in [6.45, 7) is 0.732.